The zero-order valence-electron chi connectivity index (χ0n) is 28.7. The van der Waals surface area contributed by atoms with Gasteiger partial charge in [-0.1, -0.05) is 42.5 Å². The largest absolute Gasteiger partial charge is 0.507 e. The van der Waals surface area contributed by atoms with Crippen molar-refractivity contribution in [3.05, 3.63) is 109 Å². The molecule has 7 aromatic rings. The van der Waals surface area contributed by atoms with Gasteiger partial charge in [0, 0.05) is 28.0 Å². The summed E-state index contributed by atoms with van der Waals surface area (Å²) in [5.41, 5.74) is 20.2. The number of benzene rings is 6. The Kier molecular flexibility index (Phi) is 10.6. The average molecular weight is 837 g/mol. The summed E-state index contributed by atoms with van der Waals surface area (Å²) < 4.78 is 112. The van der Waals surface area contributed by atoms with Crippen molar-refractivity contribution >= 4 is 92.2 Å². The van der Waals surface area contributed by atoms with E-state index < -0.39 is 63.0 Å². The monoisotopic (exact) mass is 836 g/mol. The Bertz CT molecular complexity index is 3070. The number of nitrogens with one attached hydrogen (secondary N) is 2. The molecule has 1 heterocycles. The van der Waals surface area contributed by atoms with Gasteiger partial charge in [0.05, 0.1) is 16.3 Å². The number of anilines is 7. The van der Waals surface area contributed by atoms with Crippen molar-refractivity contribution < 1.29 is 48.4 Å². The van der Waals surface area contributed by atoms with E-state index in [0.717, 1.165) is 46.8 Å². The third-order valence-electron chi connectivity index (χ3n) is 8.19. The lowest BCUT2D eigenvalue weighted by Gasteiger charge is -2.13. The summed E-state index contributed by atoms with van der Waals surface area (Å²) in [6.07, 6.45) is -1.32. The van der Waals surface area contributed by atoms with E-state index in [4.69, 9.17) is 21.8 Å². The molecule has 0 bridgehead atoms. The van der Waals surface area contributed by atoms with Crippen molar-refractivity contribution in [2.45, 2.75) is 14.7 Å². The molecule has 7 rings (SSSR count). The van der Waals surface area contributed by atoms with Crippen LogP contribution in [0.4, 0.5) is 44.7 Å². The minimum Gasteiger partial charge on any atom is -0.507 e. The molecule has 0 aliphatic rings. The molecule has 0 spiro atoms. The normalized spacial score (nSPS) is 11.9. The third-order valence-corrected chi connectivity index (χ3v) is 10.9. The fourth-order valence-electron chi connectivity index (χ4n) is 5.69. The maximum absolute atomic E-state index is 14.1. The van der Waals surface area contributed by atoms with Gasteiger partial charge in [-0.25, -0.2) is 0 Å². The number of hydrogen-bond acceptors (Lipinski definition) is 15. The van der Waals surface area contributed by atoms with Crippen LogP contribution in [0.2, 0.25) is 0 Å². The Morgan fingerprint density at radius 1 is 0.561 bits per heavy atom. The molecule has 22 heteroatoms. The van der Waals surface area contributed by atoms with Crippen LogP contribution in [0, 0.1) is 6.08 Å². The van der Waals surface area contributed by atoms with Crippen LogP contribution in [0.15, 0.2) is 118 Å². The first-order chi connectivity index (χ1) is 26.7. The SMILES string of the molecule is Nc1cc(Nc2nc(F)nc(Nc3cc4ccc(S(=O)(=O)O)cc4cc3S(=O)(=O)O)n2)ccc1S(=O)(=O)O.Nc1ccccc1-c1ccc(N)c2c(O)cccc12. The van der Waals surface area contributed by atoms with Crippen molar-refractivity contribution in [2.24, 2.45) is 0 Å². The molecule has 1 aromatic heterocycles. The Morgan fingerprint density at radius 2 is 1.25 bits per heavy atom. The first kappa shape index (κ1) is 40.0. The second kappa shape index (κ2) is 15.1. The van der Waals surface area contributed by atoms with Crippen LogP contribution < -0.4 is 27.8 Å². The summed E-state index contributed by atoms with van der Waals surface area (Å²) in [6.45, 7) is 0. The predicted octanol–water partition coefficient (Wildman–Crippen LogP) is 5.35. The van der Waals surface area contributed by atoms with E-state index in [1.165, 1.54) is 18.2 Å². The van der Waals surface area contributed by atoms with Gasteiger partial charge < -0.3 is 32.9 Å². The molecule has 6 aromatic carbocycles. The van der Waals surface area contributed by atoms with E-state index in [1.807, 2.05) is 36.4 Å². The molecule has 0 amide bonds. The average Bonchev–Trinajstić information content (AvgIpc) is 3.10. The summed E-state index contributed by atoms with van der Waals surface area (Å²) in [7, 11) is -14.1. The fourth-order valence-corrected chi connectivity index (χ4v) is 7.47. The second-order valence-electron chi connectivity index (χ2n) is 12.0. The molecule has 0 aliphatic carbocycles. The Hall–Kier alpha value is -6.69. The highest BCUT2D eigenvalue weighted by Crippen LogP contribution is 2.38. The number of fused-ring (bicyclic) bond motifs is 2. The molecule has 294 valence electrons. The first-order valence-electron chi connectivity index (χ1n) is 15.9. The summed E-state index contributed by atoms with van der Waals surface area (Å²) >= 11 is 0. The van der Waals surface area contributed by atoms with Crippen LogP contribution in [-0.4, -0.2) is 59.0 Å². The lowest BCUT2D eigenvalue weighted by Crippen LogP contribution is -2.09. The number of nitrogen functional groups attached to an aromatic ring is 3. The zero-order valence-corrected chi connectivity index (χ0v) is 31.2. The number of phenols is 1. The summed E-state index contributed by atoms with van der Waals surface area (Å²) in [5, 5.41) is 16.8. The van der Waals surface area contributed by atoms with Crippen LogP contribution in [0.1, 0.15) is 0 Å². The van der Waals surface area contributed by atoms with E-state index in [-0.39, 0.29) is 33.6 Å². The van der Waals surface area contributed by atoms with Crippen molar-refractivity contribution in [3.8, 4) is 16.9 Å². The summed E-state index contributed by atoms with van der Waals surface area (Å²) in [6, 6.07) is 25.4. The van der Waals surface area contributed by atoms with Gasteiger partial charge >= 0.3 is 6.08 Å². The summed E-state index contributed by atoms with van der Waals surface area (Å²) in [4.78, 5) is 8.91. The fraction of sp³-hybridized carbons (Fsp3) is 0. The molecule has 0 unspecified atom stereocenters. The van der Waals surface area contributed by atoms with Gasteiger partial charge in [-0.15, -0.1) is 0 Å². The predicted molar refractivity (Wildman–Crippen MR) is 210 cm³/mol. The summed E-state index contributed by atoms with van der Waals surface area (Å²) in [5.74, 6) is -0.765. The van der Waals surface area contributed by atoms with Gasteiger partial charge in [0.2, 0.25) is 11.9 Å². The molecule has 0 radical (unpaired) electrons. The van der Waals surface area contributed by atoms with Crippen LogP contribution in [0.3, 0.4) is 0 Å². The van der Waals surface area contributed by atoms with E-state index in [9.17, 15) is 43.9 Å². The zero-order chi connectivity index (χ0) is 41.4. The highest BCUT2D eigenvalue weighted by atomic mass is 32.2. The smallest absolute Gasteiger partial charge is 0.315 e. The molecule has 0 saturated carbocycles. The molecular weight excluding hydrogens is 808 g/mol. The van der Waals surface area contributed by atoms with Gasteiger partial charge in [0.1, 0.15) is 15.5 Å². The van der Waals surface area contributed by atoms with Gasteiger partial charge in [0.25, 0.3) is 30.4 Å². The lowest BCUT2D eigenvalue weighted by molar-refractivity contribution is 0.481. The lowest BCUT2D eigenvalue weighted by atomic mass is 9.96. The number of halogens is 1. The van der Waals surface area contributed by atoms with Gasteiger partial charge in [-0.05, 0) is 82.4 Å². The maximum Gasteiger partial charge on any atom is 0.315 e. The number of nitrogens with zero attached hydrogens (tertiary/aromatic N) is 3. The van der Waals surface area contributed by atoms with E-state index in [2.05, 4.69) is 25.6 Å². The number of para-hydroxylation sites is 1. The Morgan fingerprint density at radius 3 is 1.89 bits per heavy atom. The van der Waals surface area contributed by atoms with Gasteiger partial charge in [-0.2, -0.15) is 44.6 Å². The number of aromatic nitrogens is 3. The maximum atomic E-state index is 14.1. The van der Waals surface area contributed by atoms with E-state index in [1.54, 1.807) is 18.2 Å². The van der Waals surface area contributed by atoms with Crippen molar-refractivity contribution in [1.82, 2.24) is 15.0 Å². The van der Waals surface area contributed by atoms with E-state index >= 15 is 0 Å². The van der Waals surface area contributed by atoms with Crippen LogP contribution in [0.5, 0.6) is 5.75 Å². The molecule has 0 atom stereocenters. The highest BCUT2D eigenvalue weighted by Gasteiger charge is 2.21. The molecule has 18 nitrogen and oxygen atoms in total. The van der Waals surface area contributed by atoms with Gasteiger partial charge in [0.15, 0.2) is 0 Å². The molecule has 57 heavy (non-hydrogen) atoms. The quantitative estimate of drug-likeness (QED) is 0.0688. The molecule has 12 N–H and O–H groups in total. The van der Waals surface area contributed by atoms with Crippen LogP contribution in [-0.2, 0) is 30.4 Å². The minimum atomic E-state index is -4.92. The standard InChI is InChI=1S/C19H15FN6O9S3.C16H14N2O/c20-17-24-18(22-11-2-4-15(13(21)8-11)37(30,31)32)26-19(25-17)23-14-6-9-1-3-12(36(27,28)29)5-10(9)7-16(14)38(33,34)35;17-13-6-2-1-4-11(13)10-8-9-14(18)16-12(10)5-3-7-15(16)19/h1-8H,21H2,(H,27,28,29)(H,30,31,32)(H,33,34,35)(H2,22,23,24,25,26);1-9,19H,17-18H2. The van der Waals surface area contributed by atoms with Crippen molar-refractivity contribution in [3.63, 3.8) is 0 Å². The van der Waals surface area contributed by atoms with Crippen molar-refractivity contribution in [1.29, 1.82) is 0 Å². The molecular formula is C35H29FN8O10S3. The Balaban J connectivity index is 0.000000240. The first-order valence-corrected chi connectivity index (χ1v) is 20.2. The number of aromatic hydroxyl groups is 1. The molecule has 0 aliphatic heterocycles. The number of nitrogens with two attached hydrogens (primary N) is 3. The third kappa shape index (κ3) is 8.91. The number of hydrogen-bond donors (Lipinski definition) is 9. The van der Waals surface area contributed by atoms with Crippen LogP contribution in [0.25, 0.3) is 32.7 Å². The molecule has 0 saturated heterocycles. The minimum absolute atomic E-state index is 0.0217. The van der Waals surface area contributed by atoms with E-state index in [0.29, 0.717) is 16.8 Å². The highest BCUT2D eigenvalue weighted by molar-refractivity contribution is 7.86. The van der Waals surface area contributed by atoms with Gasteiger partial charge in [-0.3, -0.25) is 13.7 Å². The topological polar surface area (TPSA) is 324 Å². The molecule has 0 fully saturated rings. The van der Waals surface area contributed by atoms with Crippen LogP contribution >= 0.6 is 0 Å². The number of phenolic OH excluding ortho intramolecular Hbond substituents is 1. The van der Waals surface area contributed by atoms with Crippen molar-refractivity contribution in [2.75, 3.05) is 27.8 Å². The second-order valence-corrected chi connectivity index (χ2v) is 16.2. The number of rotatable bonds is 8. The Labute approximate surface area is 323 Å².